The molecule has 0 aliphatic heterocycles. The summed E-state index contributed by atoms with van der Waals surface area (Å²) in [6, 6.07) is 27.0. The van der Waals surface area contributed by atoms with E-state index in [1.165, 1.54) is 0 Å². The number of carbonyl (C=O) groups excluding carboxylic acids is 1. The molecule has 1 N–H and O–H groups in total. The minimum Gasteiger partial charge on any atom is -0.478 e. The number of hydrogen-bond donors (Lipinski definition) is 1. The van der Waals surface area contributed by atoms with Crippen molar-refractivity contribution in [2.45, 2.75) is 84.8 Å². The molecule has 1 amide bonds. The summed E-state index contributed by atoms with van der Waals surface area (Å²) in [5.41, 5.74) is 3.90. The molecule has 1 atom stereocenters. The molecule has 9 heteroatoms. The number of nitrogens with zero attached hydrogens (tertiary/aromatic N) is 3. The average Bonchev–Trinajstić information content (AvgIpc) is 3.14. The van der Waals surface area contributed by atoms with E-state index in [1.54, 1.807) is 70.1 Å². The summed E-state index contributed by atoms with van der Waals surface area (Å²) in [7, 11) is 0. The monoisotopic (exact) mass is 707 g/mol. The van der Waals surface area contributed by atoms with Gasteiger partial charge in [0.05, 0.1) is 17.4 Å². The molecule has 0 fully saturated rings. The number of carboxylic acid groups (broad SMARTS) is 1. The van der Waals surface area contributed by atoms with Crippen molar-refractivity contribution < 1.29 is 19.4 Å². The van der Waals surface area contributed by atoms with Gasteiger partial charge in [-0.15, -0.1) is 0 Å². The highest BCUT2D eigenvalue weighted by atomic mass is 35.5. The van der Waals surface area contributed by atoms with Crippen molar-refractivity contribution in [1.29, 1.82) is 0 Å². The van der Waals surface area contributed by atoms with Gasteiger partial charge in [0, 0.05) is 34.8 Å². The van der Waals surface area contributed by atoms with Gasteiger partial charge in [0.1, 0.15) is 11.6 Å². The van der Waals surface area contributed by atoms with Crippen molar-refractivity contribution >= 4 is 40.1 Å². The zero-order chi connectivity index (χ0) is 36.3. The van der Waals surface area contributed by atoms with Crippen molar-refractivity contribution in [2.24, 2.45) is 0 Å². The Hall–Kier alpha value is -4.95. The van der Waals surface area contributed by atoms with E-state index < -0.39 is 12.1 Å². The number of unbranched alkanes of at least 4 members (excludes halogenated alkanes) is 3. The summed E-state index contributed by atoms with van der Waals surface area (Å²) in [5.74, 6) is -0.0184. The lowest BCUT2D eigenvalue weighted by atomic mass is 10.0. The van der Waals surface area contributed by atoms with Gasteiger partial charge in [0.15, 0.2) is 0 Å². The molecule has 1 heterocycles. The van der Waals surface area contributed by atoms with Gasteiger partial charge >= 0.3 is 5.97 Å². The van der Waals surface area contributed by atoms with Gasteiger partial charge in [-0.3, -0.25) is 14.2 Å². The minimum atomic E-state index is -1.15. The second kappa shape index (κ2) is 17.8. The predicted molar refractivity (Wildman–Crippen MR) is 204 cm³/mol. The number of anilines is 1. The lowest BCUT2D eigenvalue weighted by Crippen LogP contribution is -2.32. The SMILES string of the molecule is CCCCCN(C(=O)c1ccc(Cl)cc1)c1ccc2nc(CCCC)n(Cc3ccc(OC(C(=O)O)c4ccccc4)c(CCC)c3)c(=O)c2c1. The van der Waals surface area contributed by atoms with Crippen LogP contribution in [0.25, 0.3) is 10.9 Å². The molecule has 266 valence electrons. The maximum atomic E-state index is 14.4. The van der Waals surface area contributed by atoms with Crippen molar-refractivity contribution in [3.05, 3.63) is 134 Å². The fraction of sp³-hybridized carbons (Fsp3) is 0.333. The number of aromatic nitrogens is 2. The van der Waals surface area contributed by atoms with E-state index in [0.717, 1.165) is 49.7 Å². The molecule has 51 heavy (non-hydrogen) atoms. The van der Waals surface area contributed by atoms with Gasteiger partial charge in [-0.1, -0.05) is 101 Å². The standard InChI is InChI=1S/C42H46ClN3O5/c1-4-7-12-25-45(40(47)31-18-20-33(43)21-19-31)34-22-23-36-35(27-34)41(48)46(38(44-36)16-8-5-2)28-29-17-24-37(32(26-29)13-6-3)51-39(42(49)50)30-14-10-9-11-15-30/h9-11,14-15,17-24,26-27,39H,4-8,12-13,16,25,28H2,1-3H3,(H,49,50). The number of ether oxygens (including phenoxy) is 1. The number of aryl methyl sites for hydroxylation is 2. The normalized spacial score (nSPS) is 11.8. The Bertz CT molecular complexity index is 2010. The van der Waals surface area contributed by atoms with Gasteiger partial charge in [-0.05, 0) is 78.9 Å². The Kier molecular flexibility index (Phi) is 13.0. The number of carbonyl (C=O) groups is 2. The van der Waals surface area contributed by atoms with Crippen molar-refractivity contribution in [2.75, 3.05) is 11.4 Å². The highest BCUT2D eigenvalue weighted by molar-refractivity contribution is 6.30. The second-order valence-corrected chi connectivity index (χ2v) is 13.3. The summed E-state index contributed by atoms with van der Waals surface area (Å²) in [4.78, 5) is 47.1. The Labute approximate surface area is 304 Å². The summed E-state index contributed by atoms with van der Waals surface area (Å²) in [6.07, 6.45) is 5.63. The van der Waals surface area contributed by atoms with Crippen molar-refractivity contribution in [3.63, 3.8) is 0 Å². The number of fused-ring (bicyclic) bond motifs is 1. The van der Waals surface area contributed by atoms with Gasteiger partial charge < -0.3 is 14.7 Å². The van der Waals surface area contributed by atoms with E-state index in [4.69, 9.17) is 21.3 Å². The lowest BCUT2D eigenvalue weighted by Gasteiger charge is -2.24. The third-order valence-corrected chi connectivity index (χ3v) is 9.21. The maximum Gasteiger partial charge on any atom is 0.349 e. The smallest absolute Gasteiger partial charge is 0.349 e. The molecule has 1 aromatic heterocycles. The Balaban J connectivity index is 1.53. The van der Waals surface area contributed by atoms with E-state index in [-0.39, 0.29) is 18.0 Å². The molecule has 0 aliphatic carbocycles. The summed E-state index contributed by atoms with van der Waals surface area (Å²) in [5, 5.41) is 11.0. The van der Waals surface area contributed by atoms with Crippen LogP contribution in [0, 0.1) is 0 Å². The van der Waals surface area contributed by atoms with Gasteiger partial charge in [0.25, 0.3) is 11.5 Å². The average molecular weight is 708 g/mol. The summed E-state index contributed by atoms with van der Waals surface area (Å²) in [6.45, 7) is 7.08. The first kappa shape index (κ1) is 37.3. The van der Waals surface area contributed by atoms with Crippen LogP contribution in [0.5, 0.6) is 5.75 Å². The van der Waals surface area contributed by atoms with Crippen LogP contribution in [0.2, 0.25) is 5.02 Å². The van der Waals surface area contributed by atoms with Crippen LogP contribution < -0.4 is 15.2 Å². The summed E-state index contributed by atoms with van der Waals surface area (Å²) < 4.78 is 7.85. The Morgan fingerprint density at radius 3 is 2.29 bits per heavy atom. The van der Waals surface area contributed by atoms with E-state index >= 15 is 0 Å². The molecule has 4 aromatic carbocycles. The number of benzene rings is 4. The largest absolute Gasteiger partial charge is 0.478 e. The van der Waals surface area contributed by atoms with Crippen LogP contribution in [0.4, 0.5) is 5.69 Å². The highest BCUT2D eigenvalue weighted by Gasteiger charge is 2.24. The van der Waals surface area contributed by atoms with E-state index in [9.17, 15) is 19.5 Å². The molecule has 1 unspecified atom stereocenters. The maximum absolute atomic E-state index is 14.4. The van der Waals surface area contributed by atoms with Crippen LogP contribution in [-0.2, 0) is 24.2 Å². The molecule has 0 saturated carbocycles. The zero-order valence-electron chi connectivity index (χ0n) is 29.6. The fourth-order valence-electron chi connectivity index (χ4n) is 6.24. The second-order valence-electron chi connectivity index (χ2n) is 12.8. The zero-order valence-corrected chi connectivity index (χ0v) is 30.4. The molecular weight excluding hydrogens is 662 g/mol. The lowest BCUT2D eigenvalue weighted by molar-refractivity contribution is -0.145. The molecule has 5 aromatic rings. The van der Waals surface area contributed by atoms with E-state index in [1.807, 2.05) is 30.3 Å². The number of aliphatic carboxylic acids is 1. The molecule has 0 saturated heterocycles. The molecule has 0 radical (unpaired) electrons. The quantitative estimate of drug-likeness (QED) is 0.0967. The Morgan fingerprint density at radius 1 is 0.863 bits per heavy atom. The topological polar surface area (TPSA) is 102 Å². The number of hydrogen-bond acceptors (Lipinski definition) is 5. The van der Waals surface area contributed by atoms with Crippen LogP contribution in [0.15, 0.2) is 95.8 Å². The first-order valence-corrected chi connectivity index (χ1v) is 18.3. The third kappa shape index (κ3) is 9.24. The van der Waals surface area contributed by atoms with Crippen molar-refractivity contribution in [3.8, 4) is 5.75 Å². The number of amides is 1. The number of rotatable bonds is 17. The number of carboxylic acids is 1. The van der Waals surface area contributed by atoms with Crippen LogP contribution in [0.3, 0.4) is 0 Å². The van der Waals surface area contributed by atoms with Crippen LogP contribution in [-0.4, -0.2) is 33.1 Å². The Morgan fingerprint density at radius 2 is 1.61 bits per heavy atom. The van der Waals surface area contributed by atoms with Crippen molar-refractivity contribution in [1.82, 2.24) is 9.55 Å². The summed E-state index contributed by atoms with van der Waals surface area (Å²) >= 11 is 6.11. The first-order valence-electron chi connectivity index (χ1n) is 17.9. The predicted octanol–water partition coefficient (Wildman–Crippen LogP) is 9.44. The highest BCUT2D eigenvalue weighted by Crippen LogP contribution is 2.29. The molecule has 0 spiro atoms. The number of halogens is 1. The fourth-order valence-corrected chi connectivity index (χ4v) is 6.36. The van der Waals surface area contributed by atoms with E-state index in [0.29, 0.717) is 63.7 Å². The van der Waals surface area contributed by atoms with E-state index in [2.05, 4.69) is 20.8 Å². The molecular formula is C42H46ClN3O5. The van der Waals surface area contributed by atoms with Crippen LogP contribution in [0.1, 0.15) is 98.3 Å². The molecule has 8 nitrogen and oxygen atoms in total. The third-order valence-electron chi connectivity index (χ3n) is 8.96. The molecule has 0 aliphatic rings. The minimum absolute atomic E-state index is 0.155. The first-order chi connectivity index (χ1) is 24.7. The van der Waals surface area contributed by atoms with Crippen LogP contribution >= 0.6 is 11.6 Å². The van der Waals surface area contributed by atoms with Gasteiger partial charge in [-0.25, -0.2) is 9.78 Å². The van der Waals surface area contributed by atoms with Gasteiger partial charge in [0.2, 0.25) is 6.10 Å². The molecule has 5 rings (SSSR count). The molecule has 0 bridgehead atoms. The van der Waals surface area contributed by atoms with Gasteiger partial charge in [-0.2, -0.15) is 0 Å².